The molecule has 0 aliphatic carbocycles. The Hall–Kier alpha value is 0.0600. The van der Waals surface area contributed by atoms with Crippen LogP contribution in [0.4, 0.5) is 8.78 Å². The van der Waals surface area contributed by atoms with Crippen molar-refractivity contribution in [2.24, 2.45) is 0 Å². The van der Waals surface area contributed by atoms with E-state index in [1.807, 2.05) is 22.6 Å². The molecule has 0 saturated carbocycles. The third-order valence-electron chi connectivity index (χ3n) is 4.58. The highest BCUT2D eigenvalue weighted by atomic mass is 127. The molecular weight excluding hydrogens is 437 g/mol. The molecule has 150 valence electrons. The fourth-order valence-electron chi connectivity index (χ4n) is 3.00. The first kappa shape index (κ1) is 25.1. The van der Waals surface area contributed by atoms with Crippen LogP contribution in [0.3, 0.4) is 0 Å². The van der Waals surface area contributed by atoms with E-state index in [1.54, 1.807) is 0 Å². The molecule has 0 amide bonds. The van der Waals surface area contributed by atoms with Gasteiger partial charge in [-0.3, -0.25) is 0 Å². The lowest BCUT2D eigenvalue weighted by Gasteiger charge is -2.17. The van der Waals surface area contributed by atoms with E-state index in [1.165, 1.54) is 70.6 Å². The molecule has 1 atom stereocenters. The topological polar surface area (TPSA) is 26.3 Å². The maximum Gasteiger partial charge on any atom is 0.376 e. The van der Waals surface area contributed by atoms with Gasteiger partial charge in [0, 0.05) is 10.3 Å². The number of hydrogen-bond donors (Lipinski definition) is 0. The van der Waals surface area contributed by atoms with Crippen LogP contribution in [0.2, 0.25) is 0 Å². The predicted octanol–water partition coefficient (Wildman–Crippen LogP) is 7.47. The predicted molar refractivity (Wildman–Crippen MR) is 110 cm³/mol. The van der Waals surface area contributed by atoms with Crippen LogP contribution in [0.5, 0.6) is 0 Å². The van der Waals surface area contributed by atoms with Crippen molar-refractivity contribution in [3.05, 3.63) is 0 Å². The van der Waals surface area contributed by atoms with Crippen molar-refractivity contribution >= 4 is 28.6 Å². The van der Waals surface area contributed by atoms with E-state index in [-0.39, 0.29) is 3.92 Å². The summed E-state index contributed by atoms with van der Waals surface area (Å²) < 4.78 is 30.9. The number of alkyl halides is 3. The quantitative estimate of drug-likeness (QED) is 0.0946. The zero-order chi connectivity index (χ0) is 19.0. The smallest absolute Gasteiger partial charge is 0.376 e. The molecule has 0 bridgehead atoms. The average molecular weight is 474 g/mol. The monoisotopic (exact) mass is 474 g/mol. The van der Waals surface area contributed by atoms with Crippen molar-refractivity contribution in [2.45, 2.75) is 113 Å². The summed E-state index contributed by atoms with van der Waals surface area (Å²) in [6.45, 7) is 2.25. The van der Waals surface area contributed by atoms with Gasteiger partial charge in [0.1, 0.15) is 0 Å². The second-order valence-corrected chi connectivity index (χ2v) is 8.79. The first-order valence-corrected chi connectivity index (χ1v) is 11.3. The van der Waals surface area contributed by atoms with Crippen molar-refractivity contribution in [2.75, 3.05) is 7.11 Å². The number of unbranched alkanes of at least 4 members (excludes halogenated alkanes) is 12. The molecule has 2 nitrogen and oxygen atoms in total. The highest BCUT2D eigenvalue weighted by Crippen LogP contribution is 2.28. The summed E-state index contributed by atoms with van der Waals surface area (Å²) >= 11 is 2.02. The van der Waals surface area contributed by atoms with Crippen molar-refractivity contribution in [3.8, 4) is 0 Å². The lowest BCUT2D eigenvalue weighted by atomic mass is 10.0. The molecule has 0 heterocycles. The lowest BCUT2D eigenvalue weighted by molar-refractivity contribution is -0.169. The number of carbonyl (C=O) groups excluding carboxylic acids is 1. The summed E-state index contributed by atoms with van der Waals surface area (Å²) in [5.41, 5.74) is 0. The third kappa shape index (κ3) is 14.9. The number of methoxy groups -OCH3 is 1. The molecule has 0 rings (SSSR count). The Morgan fingerprint density at radius 2 is 1.28 bits per heavy atom. The zero-order valence-corrected chi connectivity index (χ0v) is 18.3. The van der Waals surface area contributed by atoms with E-state index in [4.69, 9.17) is 0 Å². The maximum atomic E-state index is 13.5. The average Bonchev–Trinajstić information content (AvgIpc) is 2.57. The Morgan fingerprint density at radius 1 is 0.880 bits per heavy atom. The zero-order valence-electron chi connectivity index (χ0n) is 16.1. The van der Waals surface area contributed by atoms with Crippen molar-refractivity contribution in [1.29, 1.82) is 0 Å². The van der Waals surface area contributed by atoms with Gasteiger partial charge in [-0.05, 0) is 6.42 Å². The standard InChI is InChI=1S/C20H37F2IO2/c1-3-4-5-6-7-8-9-10-11-12-13-14-15-16-18(23)17-20(21,22)19(24)25-2/h18H,3-17H2,1-2H3. The Labute approximate surface area is 167 Å². The number of hydrogen-bond acceptors (Lipinski definition) is 2. The van der Waals surface area contributed by atoms with E-state index < -0.39 is 18.3 Å². The highest BCUT2D eigenvalue weighted by Gasteiger charge is 2.41. The van der Waals surface area contributed by atoms with Gasteiger partial charge in [-0.15, -0.1) is 0 Å². The van der Waals surface area contributed by atoms with E-state index in [0.717, 1.165) is 26.4 Å². The summed E-state index contributed by atoms with van der Waals surface area (Å²) in [7, 11) is 1.00. The largest absolute Gasteiger partial charge is 0.465 e. The number of carbonyl (C=O) groups is 1. The van der Waals surface area contributed by atoms with Crippen LogP contribution in [0, 0.1) is 0 Å². The van der Waals surface area contributed by atoms with Crippen molar-refractivity contribution in [1.82, 2.24) is 0 Å². The summed E-state index contributed by atoms with van der Waals surface area (Å²) in [6.07, 6.45) is 17.0. The van der Waals surface area contributed by atoms with Gasteiger partial charge >= 0.3 is 11.9 Å². The van der Waals surface area contributed by atoms with E-state index >= 15 is 0 Å². The van der Waals surface area contributed by atoms with Crippen molar-refractivity contribution in [3.63, 3.8) is 0 Å². The summed E-state index contributed by atoms with van der Waals surface area (Å²) in [5, 5.41) is 0. The molecular formula is C20H37F2IO2. The number of esters is 1. The SMILES string of the molecule is CCCCCCCCCCCCCCCC(I)CC(F)(F)C(=O)OC. The summed E-state index contributed by atoms with van der Waals surface area (Å²) in [5.74, 6) is -4.77. The van der Waals surface area contributed by atoms with Crippen LogP contribution >= 0.6 is 22.6 Å². The highest BCUT2D eigenvalue weighted by molar-refractivity contribution is 14.1. The van der Waals surface area contributed by atoms with Gasteiger partial charge in [-0.25, -0.2) is 4.79 Å². The minimum atomic E-state index is -3.35. The summed E-state index contributed by atoms with van der Waals surface area (Å²) in [4.78, 5) is 11.0. The molecule has 1 unspecified atom stereocenters. The molecule has 0 fully saturated rings. The molecule has 0 N–H and O–H groups in total. The normalized spacial score (nSPS) is 13.0. The number of halogens is 3. The fraction of sp³-hybridized carbons (Fsp3) is 0.950. The van der Waals surface area contributed by atoms with Crippen LogP contribution < -0.4 is 0 Å². The van der Waals surface area contributed by atoms with Crippen LogP contribution in [-0.2, 0) is 9.53 Å². The van der Waals surface area contributed by atoms with Gasteiger partial charge < -0.3 is 4.74 Å². The Balaban J connectivity index is 3.39. The molecule has 0 aliphatic rings. The lowest BCUT2D eigenvalue weighted by Crippen LogP contribution is -2.32. The summed E-state index contributed by atoms with van der Waals surface area (Å²) in [6, 6.07) is 0. The van der Waals surface area contributed by atoms with Crippen LogP contribution in [0.1, 0.15) is 103 Å². The molecule has 0 aliphatic heterocycles. The molecule has 0 saturated heterocycles. The van der Waals surface area contributed by atoms with Crippen LogP contribution in [0.25, 0.3) is 0 Å². The Bertz CT molecular complexity index is 325. The number of rotatable bonds is 17. The molecule has 0 spiro atoms. The van der Waals surface area contributed by atoms with Crippen LogP contribution in [-0.4, -0.2) is 22.9 Å². The molecule has 0 radical (unpaired) electrons. The van der Waals surface area contributed by atoms with E-state index in [0.29, 0.717) is 0 Å². The van der Waals surface area contributed by atoms with E-state index in [2.05, 4.69) is 11.7 Å². The minimum absolute atomic E-state index is 0.181. The van der Waals surface area contributed by atoms with E-state index in [9.17, 15) is 13.6 Å². The second-order valence-electron chi connectivity index (χ2n) is 7.03. The maximum absolute atomic E-state index is 13.5. The van der Waals surface area contributed by atoms with Gasteiger partial charge in [0.2, 0.25) is 0 Å². The molecule has 0 aromatic carbocycles. The second kappa shape index (κ2) is 16.2. The molecule has 5 heteroatoms. The van der Waals surface area contributed by atoms with Crippen LogP contribution in [0.15, 0.2) is 0 Å². The van der Waals surface area contributed by atoms with Gasteiger partial charge in [0.05, 0.1) is 7.11 Å². The fourth-order valence-corrected chi connectivity index (χ4v) is 3.99. The third-order valence-corrected chi connectivity index (χ3v) is 5.65. The van der Waals surface area contributed by atoms with Gasteiger partial charge in [-0.1, -0.05) is 113 Å². The first-order valence-electron chi connectivity index (χ1n) is 10.0. The van der Waals surface area contributed by atoms with Gasteiger partial charge in [-0.2, -0.15) is 8.78 Å². The first-order chi connectivity index (χ1) is 11.9. The molecule has 25 heavy (non-hydrogen) atoms. The van der Waals surface area contributed by atoms with Gasteiger partial charge in [0.15, 0.2) is 0 Å². The van der Waals surface area contributed by atoms with Gasteiger partial charge in [0.25, 0.3) is 0 Å². The number of ether oxygens (including phenoxy) is 1. The Morgan fingerprint density at radius 3 is 1.68 bits per heavy atom. The molecule has 0 aromatic rings. The minimum Gasteiger partial charge on any atom is -0.465 e. The molecule has 0 aromatic heterocycles. The Kier molecular flexibility index (Phi) is 16.3. The van der Waals surface area contributed by atoms with Crippen molar-refractivity contribution < 1.29 is 18.3 Å².